The van der Waals surface area contributed by atoms with E-state index in [-0.39, 0.29) is 0 Å². The molecule has 0 amide bonds. The van der Waals surface area contributed by atoms with Gasteiger partial charge in [-0.1, -0.05) is 0 Å². The van der Waals surface area contributed by atoms with Crippen molar-refractivity contribution in [1.82, 2.24) is 15.0 Å². The zero-order valence-electron chi connectivity index (χ0n) is 10.1. The number of hydrogen-bond donors (Lipinski definition) is 2. The molecule has 0 bridgehead atoms. The van der Waals surface area contributed by atoms with Crippen LogP contribution in [0.2, 0.25) is 0 Å². The molecular formula is C11H15N5S. The Morgan fingerprint density at radius 2 is 2.12 bits per heavy atom. The molecule has 90 valence electrons. The predicted molar refractivity (Wildman–Crippen MR) is 70.5 cm³/mol. The average molecular weight is 249 g/mol. The molecule has 0 radical (unpaired) electrons. The zero-order valence-corrected chi connectivity index (χ0v) is 10.9. The fraction of sp³-hybridized carbons (Fsp3) is 0.364. The number of hydrogen-bond acceptors (Lipinski definition) is 6. The molecule has 0 aromatic carbocycles. The van der Waals surface area contributed by atoms with E-state index in [1.807, 2.05) is 19.2 Å². The van der Waals surface area contributed by atoms with E-state index in [0.717, 1.165) is 22.1 Å². The van der Waals surface area contributed by atoms with Crippen LogP contribution in [0.15, 0.2) is 11.6 Å². The first-order valence-corrected chi connectivity index (χ1v) is 6.23. The molecule has 0 fully saturated rings. The second-order valence-electron chi connectivity index (χ2n) is 3.71. The molecule has 2 aromatic rings. The van der Waals surface area contributed by atoms with Crippen LogP contribution >= 0.6 is 11.3 Å². The van der Waals surface area contributed by atoms with Crippen molar-refractivity contribution in [1.29, 1.82) is 0 Å². The van der Waals surface area contributed by atoms with E-state index in [1.165, 1.54) is 0 Å². The molecule has 0 aliphatic heterocycles. The van der Waals surface area contributed by atoms with E-state index in [2.05, 4.69) is 25.6 Å². The minimum atomic E-state index is 0.619. The Kier molecular flexibility index (Phi) is 3.53. The number of rotatable bonds is 4. The first kappa shape index (κ1) is 11.8. The van der Waals surface area contributed by atoms with Gasteiger partial charge in [0.2, 0.25) is 5.95 Å². The summed E-state index contributed by atoms with van der Waals surface area (Å²) in [5.74, 6) is 1.46. The highest BCUT2D eigenvalue weighted by molar-refractivity contribution is 7.09. The van der Waals surface area contributed by atoms with Gasteiger partial charge in [-0.2, -0.15) is 4.98 Å². The Balaban J connectivity index is 2.07. The summed E-state index contributed by atoms with van der Waals surface area (Å²) < 4.78 is 0. The van der Waals surface area contributed by atoms with Crippen molar-refractivity contribution in [2.45, 2.75) is 20.4 Å². The van der Waals surface area contributed by atoms with E-state index in [9.17, 15) is 0 Å². The zero-order chi connectivity index (χ0) is 12.3. The third-order valence-corrected chi connectivity index (χ3v) is 3.24. The summed E-state index contributed by atoms with van der Waals surface area (Å²) in [7, 11) is 1.80. The van der Waals surface area contributed by atoms with Crippen LogP contribution in [0.4, 0.5) is 11.8 Å². The van der Waals surface area contributed by atoms with E-state index >= 15 is 0 Å². The molecule has 0 atom stereocenters. The van der Waals surface area contributed by atoms with Crippen LogP contribution < -0.4 is 10.6 Å². The van der Waals surface area contributed by atoms with Gasteiger partial charge >= 0.3 is 0 Å². The summed E-state index contributed by atoms with van der Waals surface area (Å²) >= 11 is 1.65. The highest BCUT2D eigenvalue weighted by Gasteiger charge is 2.04. The molecule has 17 heavy (non-hydrogen) atoms. The van der Waals surface area contributed by atoms with Crippen molar-refractivity contribution in [2.75, 3.05) is 17.7 Å². The van der Waals surface area contributed by atoms with Gasteiger partial charge in [-0.25, -0.2) is 9.97 Å². The van der Waals surface area contributed by atoms with Crippen LogP contribution in [0, 0.1) is 13.8 Å². The molecule has 2 rings (SSSR count). The fourth-order valence-corrected chi connectivity index (χ4v) is 2.10. The van der Waals surface area contributed by atoms with Crippen LogP contribution in [-0.2, 0) is 6.54 Å². The van der Waals surface area contributed by atoms with Gasteiger partial charge in [-0.3, -0.25) is 0 Å². The van der Waals surface area contributed by atoms with Gasteiger partial charge in [-0.15, -0.1) is 11.3 Å². The molecule has 6 heteroatoms. The van der Waals surface area contributed by atoms with Gasteiger partial charge in [0.1, 0.15) is 10.8 Å². The van der Waals surface area contributed by atoms with Crippen molar-refractivity contribution in [3.63, 3.8) is 0 Å². The summed E-state index contributed by atoms with van der Waals surface area (Å²) in [5.41, 5.74) is 2.08. The van der Waals surface area contributed by atoms with Gasteiger partial charge < -0.3 is 10.6 Å². The molecule has 0 spiro atoms. The van der Waals surface area contributed by atoms with Gasteiger partial charge in [0.15, 0.2) is 0 Å². The topological polar surface area (TPSA) is 62.7 Å². The maximum atomic E-state index is 4.39. The second-order valence-corrected chi connectivity index (χ2v) is 4.65. The lowest BCUT2D eigenvalue weighted by Crippen LogP contribution is -2.06. The van der Waals surface area contributed by atoms with E-state index in [0.29, 0.717) is 12.5 Å². The first-order chi connectivity index (χ1) is 8.19. The van der Waals surface area contributed by atoms with Crippen molar-refractivity contribution in [3.8, 4) is 0 Å². The number of anilines is 2. The Bertz CT molecular complexity index is 508. The Hall–Kier alpha value is -1.69. The van der Waals surface area contributed by atoms with Crippen molar-refractivity contribution in [3.05, 3.63) is 27.8 Å². The molecule has 0 saturated heterocycles. The van der Waals surface area contributed by atoms with E-state index in [1.54, 1.807) is 24.6 Å². The number of aromatic nitrogens is 3. The molecular weight excluding hydrogens is 234 g/mol. The quantitative estimate of drug-likeness (QED) is 0.869. The first-order valence-electron chi connectivity index (χ1n) is 5.35. The summed E-state index contributed by atoms with van der Waals surface area (Å²) in [6, 6.07) is 0. The van der Waals surface area contributed by atoms with Crippen LogP contribution in [0.25, 0.3) is 0 Å². The third kappa shape index (κ3) is 2.91. The van der Waals surface area contributed by atoms with Crippen LogP contribution in [0.5, 0.6) is 0 Å². The number of nitrogens with one attached hydrogen (secondary N) is 2. The van der Waals surface area contributed by atoms with Gasteiger partial charge in [-0.05, 0) is 13.8 Å². The number of thiazole rings is 1. The lowest BCUT2D eigenvalue weighted by molar-refractivity contribution is 1.03. The van der Waals surface area contributed by atoms with Gasteiger partial charge in [0.25, 0.3) is 0 Å². The average Bonchev–Trinajstić information content (AvgIpc) is 2.74. The molecule has 0 aliphatic rings. The molecule has 0 saturated carbocycles. The smallest absolute Gasteiger partial charge is 0.224 e. The van der Waals surface area contributed by atoms with Crippen molar-refractivity contribution >= 4 is 23.1 Å². The van der Waals surface area contributed by atoms with Crippen molar-refractivity contribution < 1.29 is 0 Å². The van der Waals surface area contributed by atoms with E-state index in [4.69, 9.17) is 0 Å². The molecule has 2 heterocycles. The summed E-state index contributed by atoms with van der Waals surface area (Å²) in [6.07, 6.45) is 1.80. The van der Waals surface area contributed by atoms with Crippen LogP contribution in [0.3, 0.4) is 0 Å². The minimum absolute atomic E-state index is 0.619. The largest absolute Gasteiger partial charge is 0.363 e. The summed E-state index contributed by atoms with van der Waals surface area (Å²) in [6.45, 7) is 4.67. The Morgan fingerprint density at radius 3 is 2.76 bits per heavy atom. The minimum Gasteiger partial charge on any atom is -0.363 e. The molecule has 0 unspecified atom stereocenters. The highest BCUT2D eigenvalue weighted by Crippen LogP contribution is 2.15. The number of nitrogens with zero attached hydrogens (tertiary/aromatic N) is 3. The maximum absolute atomic E-state index is 4.39. The monoisotopic (exact) mass is 249 g/mol. The molecule has 2 aromatic heterocycles. The van der Waals surface area contributed by atoms with Gasteiger partial charge in [0.05, 0.1) is 6.54 Å². The SMILES string of the molecule is CNc1ncc(C)c(NCc2nc(C)cs2)n1. The normalized spacial score (nSPS) is 10.3. The van der Waals surface area contributed by atoms with Crippen LogP contribution in [-0.4, -0.2) is 22.0 Å². The Labute approximate surface area is 104 Å². The third-order valence-electron chi connectivity index (χ3n) is 2.27. The van der Waals surface area contributed by atoms with E-state index < -0.39 is 0 Å². The predicted octanol–water partition coefficient (Wildman–Crippen LogP) is 2.20. The summed E-state index contributed by atoms with van der Waals surface area (Å²) in [4.78, 5) is 12.9. The number of aryl methyl sites for hydroxylation is 2. The van der Waals surface area contributed by atoms with Crippen molar-refractivity contribution in [2.24, 2.45) is 0 Å². The molecule has 0 aliphatic carbocycles. The summed E-state index contributed by atoms with van der Waals surface area (Å²) in [5, 5.41) is 9.30. The van der Waals surface area contributed by atoms with Crippen LogP contribution in [0.1, 0.15) is 16.3 Å². The maximum Gasteiger partial charge on any atom is 0.224 e. The highest BCUT2D eigenvalue weighted by atomic mass is 32.1. The molecule has 2 N–H and O–H groups in total. The fourth-order valence-electron chi connectivity index (χ4n) is 1.38. The second kappa shape index (κ2) is 5.09. The van der Waals surface area contributed by atoms with Gasteiger partial charge in [0, 0.05) is 29.9 Å². The lowest BCUT2D eigenvalue weighted by atomic mass is 10.3. The standard InChI is InChI=1S/C11H15N5S/c1-7-4-14-11(12-3)16-10(7)13-5-9-15-8(2)6-17-9/h4,6H,5H2,1-3H3,(H2,12,13,14,16). The lowest BCUT2D eigenvalue weighted by Gasteiger charge is -2.08. The Morgan fingerprint density at radius 1 is 1.29 bits per heavy atom. The molecule has 5 nitrogen and oxygen atoms in total.